The van der Waals surface area contributed by atoms with Gasteiger partial charge in [0.25, 0.3) is 5.91 Å². The minimum Gasteiger partial charge on any atom is -0.444 e. The smallest absolute Gasteiger partial charge is 0.408 e. The highest BCUT2D eigenvalue weighted by atomic mass is 16.6. The van der Waals surface area contributed by atoms with Gasteiger partial charge in [0.05, 0.1) is 0 Å². The van der Waals surface area contributed by atoms with Crippen molar-refractivity contribution < 1.29 is 19.1 Å². The monoisotopic (exact) mass is 545 g/mol. The minimum absolute atomic E-state index is 0.243. The number of rotatable bonds is 9. The van der Waals surface area contributed by atoms with Crippen LogP contribution in [-0.4, -0.2) is 40.5 Å². The number of hydrogen-bond donors (Lipinski definition) is 2. The summed E-state index contributed by atoms with van der Waals surface area (Å²) in [7, 11) is 0. The van der Waals surface area contributed by atoms with E-state index in [0.29, 0.717) is 12.1 Å². The maximum Gasteiger partial charge on any atom is 0.408 e. The van der Waals surface area contributed by atoms with E-state index in [9.17, 15) is 14.4 Å². The van der Waals surface area contributed by atoms with Crippen molar-refractivity contribution in [3.05, 3.63) is 77.9 Å². The molecule has 0 radical (unpaired) electrons. The molecule has 7 nitrogen and oxygen atoms in total. The van der Waals surface area contributed by atoms with Crippen molar-refractivity contribution in [3.8, 4) is 0 Å². The maximum atomic E-state index is 14.3. The Morgan fingerprint density at radius 2 is 1.52 bits per heavy atom. The first-order valence-corrected chi connectivity index (χ1v) is 14.0. The Balaban J connectivity index is 2.05. The van der Waals surface area contributed by atoms with Crippen LogP contribution < -0.4 is 10.6 Å². The van der Waals surface area contributed by atoms with Crippen molar-refractivity contribution in [1.82, 2.24) is 10.2 Å². The average molecular weight is 546 g/mol. The van der Waals surface area contributed by atoms with Gasteiger partial charge in [0.15, 0.2) is 0 Å². The van der Waals surface area contributed by atoms with E-state index in [-0.39, 0.29) is 23.8 Å². The first-order valence-electron chi connectivity index (χ1n) is 14.0. The zero-order valence-corrected chi connectivity index (χ0v) is 24.9. The van der Waals surface area contributed by atoms with Crippen LogP contribution in [-0.2, 0) is 14.3 Å². The number of fused-ring (bicyclic) bond motifs is 1. The summed E-state index contributed by atoms with van der Waals surface area (Å²) in [6.45, 7) is 14.9. The predicted molar refractivity (Wildman–Crippen MR) is 161 cm³/mol. The molecule has 0 aliphatic rings. The third kappa shape index (κ3) is 7.62. The van der Waals surface area contributed by atoms with Gasteiger partial charge in [-0.2, -0.15) is 0 Å². The Hall–Kier alpha value is -3.87. The molecule has 0 saturated carbocycles. The summed E-state index contributed by atoms with van der Waals surface area (Å²) < 4.78 is 5.46. The van der Waals surface area contributed by atoms with Gasteiger partial charge < -0.3 is 20.3 Å². The molecule has 2 N–H and O–H groups in total. The Labute approximate surface area is 238 Å². The van der Waals surface area contributed by atoms with Crippen molar-refractivity contribution >= 4 is 34.4 Å². The van der Waals surface area contributed by atoms with E-state index in [1.807, 2.05) is 101 Å². The minimum atomic E-state index is -0.920. The van der Waals surface area contributed by atoms with Crippen molar-refractivity contribution in [2.45, 2.75) is 85.5 Å². The first-order chi connectivity index (χ1) is 18.8. The number of nitrogens with one attached hydrogen (secondary N) is 2. The van der Waals surface area contributed by atoms with E-state index < -0.39 is 23.8 Å². The second-order valence-electron chi connectivity index (χ2n) is 11.7. The molecule has 40 heavy (non-hydrogen) atoms. The largest absolute Gasteiger partial charge is 0.444 e. The fourth-order valence-electron chi connectivity index (χ4n) is 4.69. The molecule has 3 amide bonds. The summed E-state index contributed by atoms with van der Waals surface area (Å²) in [5.41, 5.74) is 1.55. The summed E-state index contributed by atoms with van der Waals surface area (Å²) in [6, 6.07) is 19.2. The molecule has 0 fully saturated rings. The van der Waals surface area contributed by atoms with Gasteiger partial charge in [-0.25, -0.2) is 4.79 Å². The molecule has 214 valence electrons. The molecule has 3 atom stereocenters. The van der Waals surface area contributed by atoms with Crippen LogP contribution in [0.25, 0.3) is 10.8 Å². The molecule has 0 spiro atoms. The van der Waals surface area contributed by atoms with Crippen LogP contribution in [0.2, 0.25) is 0 Å². The van der Waals surface area contributed by atoms with Gasteiger partial charge in [-0.15, -0.1) is 0 Å². The number of alkyl carbamates (subject to hydrolysis) is 1. The van der Waals surface area contributed by atoms with E-state index in [1.54, 1.807) is 25.7 Å². The zero-order chi connectivity index (χ0) is 29.6. The number of benzene rings is 3. The van der Waals surface area contributed by atoms with Gasteiger partial charge in [0, 0.05) is 11.7 Å². The van der Waals surface area contributed by atoms with E-state index in [4.69, 9.17) is 4.74 Å². The number of amides is 3. The number of hydrogen-bond acceptors (Lipinski definition) is 4. The molecule has 0 heterocycles. The highest BCUT2D eigenvalue weighted by molar-refractivity contribution is 6.00. The van der Waals surface area contributed by atoms with E-state index in [0.717, 1.165) is 21.9 Å². The summed E-state index contributed by atoms with van der Waals surface area (Å²) >= 11 is 0. The molecule has 3 aromatic carbocycles. The molecule has 7 heteroatoms. The molecule has 0 aromatic heterocycles. The molecule has 0 aliphatic carbocycles. The maximum absolute atomic E-state index is 14.3. The first kappa shape index (κ1) is 30.7. The fraction of sp³-hybridized carbons (Fsp3) is 0.424. The number of carbonyl (C=O) groups is 3. The van der Waals surface area contributed by atoms with Crippen LogP contribution >= 0.6 is 0 Å². The molecular weight excluding hydrogens is 502 g/mol. The number of carbonyl (C=O) groups excluding carboxylic acids is 3. The van der Waals surface area contributed by atoms with Crippen molar-refractivity contribution in [2.24, 2.45) is 5.92 Å². The molecule has 0 bridgehead atoms. The summed E-state index contributed by atoms with van der Waals surface area (Å²) in [4.78, 5) is 42.8. The zero-order valence-electron chi connectivity index (χ0n) is 24.9. The van der Waals surface area contributed by atoms with Crippen molar-refractivity contribution in [1.29, 1.82) is 0 Å². The van der Waals surface area contributed by atoms with Crippen LogP contribution in [0.5, 0.6) is 0 Å². The summed E-state index contributed by atoms with van der Waals surface area (Å²) in [5, 5.41) is 7.92. The van der Waals surface area contributed by atoms with Crippen LogP contribution in [0.15, 0.2) is 66.7 Å². The van der Waals surface area contributed by atoms with Gasteiger partial charge in [0.1, 0.15) is 17.7 Å². The molecule has 3 rings (SSSR count). The SMILES string of the molecule is CCC(C)N(C(=O)C(NC(=O)OC(C)(C)C)C(C)C)C(C(=O)Nc1ccc2ccccc2c1)c1ccccc1C. The lowest BCUT2D eigenvalue weighted by atomic mass is 9.94. The molecule has 0 aliphatic heterocycles. The normalized spacial score (nSPS) is 13.8. The van der Waals surface area contributed by atoms with Gasteiger partial charge in [-0.05, 0) is 81.0 Å². The average Bonchev–Trinajstić information content (AvgIpc) is 2.89. The highest BCUT2D eigenvalue weighted by Gasteiger charge is 2.40. The Morgan fingerprint density at radius 1 is 0.900 bits per heavy atom. The van der Waals surface area contributed by atoms with Gasteiger partial charge in [-0.1, -0.05) is 75.4 Å². The second kappa shape index (κ2) is 13.0. The van der Waals surface area contributed by atoms with Crippen molar-refractivity contribution in [3.63, 3.8) is 0 Å². The van der Waals surface area contributed by atoms with Crippen LogP contribution in [0.1, 0.15) is 72.1 Å². The van der Waals surface area contributed by atoms with Crippen LogP contribution in [0.4, 0.5) is 10.5 Å². The topological polar surface area (TPSA) is 87.7 Å². The Bertz CT molecular complexity index is 1340. The number of nitrogens with zero attached hydrogens (tertiary/aromatic N) is 1. The van der Waals surface area contributed by atoms with Gasteiger partial charge in [0.2, 0.25) is 5.91 Å². The molecular formula is C33H43N3O4. The molecule has 0 saturated heterocycles. The number of anilines is 1. The summed E-state index contributed by atoms with van der Waals surface area (Å²) in [5.74, 6) is -0.900. The van der Waals surface area contributed by atoms with E-state index in [2.05, 4.69) is 10.6 Å². The van der Waals surface area contributed by atoms with Crippen molar-refractivity contribution in [2.75, 3.05) is 5.32 Å². The Morgan fingerprint density at radius 3 is 2.12 bits per heavy atom. The lowest BCUT2D eigenvalue weighted by molar-refractivity contribution is -0.144. The number of ether oxygens (including phenoxy) is 1. The summed E-state index contributed by atoms with van der Waals surface area (Å²) in [6.07, 6.45) is -0.0500. The highest BCUT2D eigenvalue weighted by Crippen LogP contribution is 2.31. The third-order valence-corrected chi connectivity index (χ3v) is 6.95. The van der Waals surface area contributed by atoms with Gasteiger partial charge >= 0.3 is 6.09 Å². The van der Waals surface area contributed by atoms with E-state index in [1.165, 1.54) is 0 Å². The van der Waals surface area contributed by atoms with Gasteiger partial charge in [-0.3, -0.25) is 9.59 Å². The molecule has 3 unspecified atom stereocenters. The van der Waals surface area contributed by atoms with Crippen LogP contribution in [0, 0.1) is 12.8 Å². The standard InChI is InChI=1S/C33H43N3O4/c1-9-23(5)36(31(38)28(21(2)3)35-32(39)40-33(6,7)8)29(27-17-13-10-14-22(27)4)30(37)34-26-19-18-24-15-11-12-16-25(24)20-26/h10-21,23,28-29H,9H2,1-8H3,(H,34,37)(H,35,39). The van der Waals surface area contributed by atoms with E-state index >= 15 is 0 Å². The lowest BCUT2D eigenvalue weighted by Gasteiger charge is -2.39. The van der Waals surface area contributed by atoms with Crippen LogP contribution in [0.3, 0.4) is 0 Å². The predicted octanol–water partition coefficient (Wildman–Crippen LogP) is 7.00. The quantitative estimate of drug-likeness (QED) is 0.303. The molecule has 3 aromatic rings. The lowest BCUT2D eigenvalue weighted by Crippen LogP contribution is -2.56. The third-order valence-electron chi connectivity index (χ3n) is 6.95. The fourth-order valence-corrected chi connectivity index (χ4v) is 4.69. The number of aryl methyl sites for hydroxylation is 1. The Kier molecular flexibility index (Phi) is 9.96. The second-order valence-corrected chi connectivity index (χ2v) is 11.7.